The number of aromatic nitrogens is 3. The van der Waals surface area contributed by atoms with E-state index in [1.54, 1.807) is 0 Å². The van der Waals surface area contributed by atoms with Gasteiger partial charge in [-0.15, -0.1) is 10.2 Å². The quantitative estimate of drug-likeness (QED) is 0.731. The molecule has 2 heterocycles. The Hall–Kier alpha value is -2.20. The molecule has 0 aliphatic heterocycles. The molecule has 0 saturated carbocycles. The van der Waals surface area contributed by atoms with E-state index < -0.39 is 0 Å². The van der Waals surface area contributed by atoms with Gasteiger partial charge in [0.1, 0.15) is 5.82 Å². The molecule has 2 aromatic heterocycles. The fourth-order valence-corrected chi connectivity index (χ4v) is 2.60. The van der Waals surface area contributed by atoms with Gasteiger partial charge in [-0.3, -0.25) is 4.40 Å². The maximum atomic E-state index is 4.25. The summed E-state index contributed by atoms with van der Waals surface area (Å²) in [5, 5.41) is 11.9. The van der Waals surface area contributed by atoms with Crippen LogP contribution in [-0.2, 0) is 13.0 Å². The number of nitrogens with zero attached hydrogens (tertiary/aromatic N) is 3. The number of pyridine rings is 1. The van der Waals surface area contributed by atoms with Crippen molar-refractivity contribution in [2.75, 3.05) is 6.54 Å². The minimum absolute atomic E-state index is 0.871. The van der Waals surface area contributed by atoms with Crippen LogP contribution in [0.15, 0.2) is 42.6 Å². The van der Waals surface area contributed by atoms with Crippen LogP contribution in [0.5, 0.6) is 0 Å². The Morgan fingerprint density at radius 3 is 2.62 bits per heavy atom. The van der Waals surface area contributed by atoms with Gasteiger partial charge < -0.3 is 5.32 Å². The van der Waals surface area contributed by atoms with Crippen molar-refractivity contribution in [3.8, 4) is 0 Å². The van der Waals surface area contributed by atoms with Gasteiger partial charge in [-0.25, -0.2) is 0 Å². The van der Waals surface area contributed by atoms with E-state index in [0.29, 0.717) is 0 Å². The number of fused-ring (bicyclic) bond motifs is 1. The fraction of sp³-hybridized carbons (Fsp3) is 0.294. The standard InChI is InChI=1S/C17H20N4/c1-13-6-5-7-14(2)15(13)12-18-10-9-17-20-19-16-8-3-4-11-21(16)17/h3-8,11,18H,9-10,12H2,1-2H3. The van der Waals surface area contributed by atoms with Crippen LogP contribution in [-0.4, -0.2) is 21.1 Å². The van der Waals surface area contributed by atoms with Crippen molar-refractivity contribution < 1.29 is 0 Å². The zero-order valence-corrected chi connectivity index (χ0v) is 12.5. The molecule has 21 heavy (non-hydrogen) atoms. The Morgan fingerprint density at radius 1 is 1.00 bits per heavy atom. The molecule has 0 saturated heterocycles. The highest BCUT2D eigenvalue weighted by atomic mass is 15.2. The molecule has 3 aromatic rings. The highest BCUT2D eigenvalue weighted by Crippen LogP contribution is 2.12. The van der Waals surface area contributed by atoms with E-state index in [2.05, 4.69) is 47.6 Å². The molecule has 0 amide bonds. The first-order valence-electron chi connectivity index (χ1n) is 7.30. The lowest BCUT2D eigenvalue weighted by Crippen LogP contribution is -2.19. The summed E-state index contributed by atoms with van der Waals surface area (Å²) < 4.78 is 2.04. The van der Waals surface area contributed by atoms with Gasteiger partial charge in [0.25, 0.3) is 0 Å². The lowest BCUT2D eigenvalue weighted by atomic mass is 10.0. The molecule has 108 valence electrons. The Balaban J connectivity index is 1.59. The molecule has 0 aliphatic rings. The van der Waals surface area contributed by atoms with E-state index in [-0.39, 0.29) is 0 Å². The predicted octanol–water partition coefficient (Wildman–Crippen LogP) is 2.68. The Morgan fingerprint density at radius 2 is 1.81 bits per heavy atom. The first kappa shape index (κ1) is 13.8. The average Bonchev–Trinajstić information content (AvgIpc) is 2.89. The van der Waals surface area contributed by atoms with E-state index in [0.717, 1.165) is 31.0 Å². The Bertz CT molecular complexity index is 725. The molecule has 0 bridgehead atoms. The number of aryl methyl sites for hydroxylation is 2. The normalized spacial score (nSPS) is 11.1. The van der Waals surface area contributed by atoms with E-state index in [9.17, 15) is 0 Å². The van der Waals surface area contributed by atoms with Crippen LogP contribution < -0.4 is 5.32 Å². The molecule has 0 aliphatic carbocycles. The highest BCUT2D eigenvalue weighted by Gasteiger charge is 2.05. The number of nitrogens with one attached hydrogen (secondary N) is 1. The number of hydrogen-bond donors (Lipinski definition) is 1. The summed E-state index contributed by atoms with van der Waals surface area (Å²) in [6.45, 7) is 6.12. The highest BCUT2D eigenvalue weighted by molar-refractivity contribution is 5.37. The predicted molar refractivity (Wildman–Crippen MR) is 84.3 cm³/mol. The molecule has 0 unspecified atom stereocenters. The molecular weight excluding hydrogens is 260 g/mol. The molecule has 4 heteroatoms. The third-order valence-corrected chi connectivity index (χ3v) is 3.86. The topological polar surface area (TPSA) is 42.2 Å². The molecule has 0 atom stereocenters. The average molecular weight is 280 g/mol. The first-order valence-corrected chi connectivity index (χ1v) is 7.30. The molecule has 1 aromatic carbocycles. The second kappa shape index (κ2) is 6.06. The summed E-state index contributed by atoms with van der Waals surface area (Å²) in [4.78, 5) is 0. The minimum atomic E-state index is 0.871. The third-order valence-electron chi connectivity index (χ3n) is 3.86. The number of rotatable bonds is 5. The lowest BCUT2D eigenvalue weighted by Gasteiger charge is -2.10. The molecule has 4 nitrogen and oxygen atoms in total. The molecule has 1 N–H and O–H groups in total. The van der Waals surface area contributed by atoms with E-state index in [1.807, 2.05) is 28.8 Å². The van der Waals surface area contributed by atoms with Gasteiger partial charge in [-0.2, -0.15) is 0 Å². The van der Waals surface area contributed by atoms with Gasteiger partial charge in [0.05, 0.1) is 0 Å². The molecule has 3 rings (SSSR count). The van der Waals surface area contributed by atoms with Crippen LogP contribution in [0.3, 0.4) is 0 Å². The molecule has 0 fully saturated rings. The zero-order chi connectivity index (χ0) is 14.7. The summed E-state index contributed by atoms with van der Waals surface area (Å²) in [5.74, 6) is 1.000. The summed E-state index contributed by atoms with van der Waals surface area (Å²) in [5.41, 5.74) is 4.98. The van der Waals surface area contributed by atoms with Crippen LogP contribution in [0.25, 0.3) is 5.65 Å². The largest absolute Gasteiger partial charge is 0.312 e. The second-order valence-corrected chi connectivity index (χ2v) is 5.34. The van der Waals surface area contributed by atoms with Crippen LogP contribution in [0.1, 0.15) is 22.5 Å². The number of benzene rings is 1. The smallest absolute Gasteiger partial charge is 0.160 e. The Labute approximate surface area is 124 Å². The lowest BCUT2D eigenvalue weighted by molar-refractivity contribution is 0.663. The summed E-state index contributed by atoms with van der Waals surface area (Å²) >= 11 is 0. The fourth-order valence-electron chi connectivity index (χ4n) is 2.60. The van der Waals surface area contributed by atoms with Crippen molar-refractivity contribution in [3.63, 3.8) is 0 Å². The first-order chi connectivity index (χ1) is 10.3. The van der Waals surface area contributed by atoms with Gasteiger partial charge in [-0.1, -0.05) is 24.3 Å². The third kappa shape index (κ3) is 2.95. The minimum Gasteiger partial charge on any atom is -0.312 e. The Kier molecular flexibility index (Phi) is 3.97. The van der Waals surface area contributed by atoms with E-state index in [1.165, 1.54) is 16.7 Å². The van der Waals surface area contributed by atoms with Gasteiger partial charge in [0.15, 0.2) is 5.65 Å². The van der Waals surface area contributed by atoms with Crippen LogP contribution in [0.4, 0.5) is 0 Å². The van der Waals surface area contributed by atoms with Crippen molar-refractivity contribution in [1.29, 1.82) is 0 Å². The maximum absolute atomic E-state index is 4.25. The van der Waals surface area contributed by atoms with Crippen molar-refractivity contribution in [2.45, 2.75) is 26.8 Å². The van der Waals surface area contributed by atoms with Crippen LogP contribution in [0, 0.1) is 13.8 Å². The van der Waals surface area contributed by atoms with Crippen molar-refractivity contribution in [3.05, 3.63) is 65.1 Å². The van der Waals surface area contributed by atoms with Crippen molar-refractivity contribution in [1.82, 2.24) is 19.9 Å². The van der Waals surface area contributed by atoms with Crippen molar-refractivity contribution in [2.24, 2.45) is 0 Å². The van der Waals surface area contributed by atoms with Gasteiger partial charge in [-0.05, 0) is 42.7 Å². The zero-order valence-electron chi connectivity index (χ0n) is 12.5. The maximum Gasteiger partial charge on any atom is 0.160 e. The van der Waals surface area contributed by atoms with E-state index in [4.69, 9.17) is 0 Å². The van der Waals surface area contributed by atoms with Crippen LogP contribution in [0.2, 0.25) is 0 Å². The van der Waals surface area contributed by atoms with Crippen LogP contribution >= 0.6 is 0 Å². The van der Waals surface area contributed by atoms with Gasteiger partial charge in [0, 0.05) is 25.7 Å². The molecule has 0 radical (unpaired) electrons. The second-order valence-electron chi connectivity index (χ2n) is 5.34. The van der Waals surface area contributed by atoms with Gasteiger partial charge in [0.2, 0.25) is 0 Å². The summed E-state index contributed by atoms with van der Waals surface area (Å²) in [7, 11) is 0. The van der Waals surface area contributed by atoms with E-state index >= 15 is 0 Å². The molecule has 0 spiro atoms. The van der Waals surface area contributed by atoms with Crippen molar-refractivity contribution >= 4 is 5.65 Å². The summed E-state index contributed by atoms with van der Waals surface area (Å²) in [6, 6.07) is 12.4. The molecular formula is C17H20N4. The number of hydrogen-bond acceptors (Lipinski definition) is 3. The monoisotopic (exact) mass is 280 g/mol. The van der Waals surface area contributed by atoms with Gasteiger partial charge >= 0.3 is 0 Å². The summed E-state index contributed by atoms with van der Waals surface area (Å²) in [6.07, 6.45) is 2.88. The SMILES string of the molecule is Cc1cccc(C)c1CNCCc1nnc2ccccn12.